The lowest BCUT2D eigenvalue weighted by molar-refractivity contribution is -0.135. The molecule has 0 unspecified atom stereocenters. The molecule has 2 aliphatic heterocycles. The Balaban J connectivity index is 1.08. The summed E-state index contributed by atoms with van der Waals surface area (Å²) in [6.45, 7) is 18.6. The molecule has 3 amide bonds. The van der Waals surface area contributed by atoms with Crippen molar-refractivity contribution >= 4 is 37.2 Å². The number of nitrogens with one attached hydrogen (secondary N) is 2. The highest BCUT2D eigenvalue weighted by atomic mass is 28.3. The summed E-state index contributed by atoms with van der Waals surface area (Å²) in [5.41, 5.74) is 6.17. The third kappa shape index (κ3) is 10.2. The van der Waals surface area contributed by atoms with Crippen LogP contribution in [0.4, 0.5) is 9.59 Å². The van der Waals surface area contributed by atoms with E-state index >= 15 is 0 Å². The van der Waals surface area contributed by atoms with E-state index in [1.165, 1.54) is 7.11 Å². The first kappa shape index (κ1) is 44.4. The molecule has 2 saturated heterocycles. The molecule has 62 heavy (non-hydrogen) atoms. The van der Waals surface area contributed by atoms with Crippen LogP contribution in [0, 0.1) is 5.92 Å². The first-order chi connectivity index (χ1) is 29.5. The summed E-state index contributed by atoms with van der Waals surface area (Å²) in [5, 5.41) is 2.70. The van der Waals surface area contributed by atoms with Crippen LogP contribution < -0.4 is 5.32 Å². The highest BCUT2D eigenvalue weighted by Crippen LogP contribution is 2.37. The zero-order valence-electron chi connectivity index (χ0n) is 37.5. The molecule has 15 nitrogen and oxygen atoms in total. The first-order valence-corrected chi connectivity index (χ1v) is 25.4. The molecule has 2 fully saturated rings. The zero-order chi connectivity index (χ0) is 44.3. The highest BCUT2D eigenvalue weighted by molar-refractivity contribution is 6.76. The summed E-state index contributed by atoms with van der Waals surface area (Å²) >= 11 is 0. The minimum atomic E-state index is -1.30. The van der Waals surface area contributed by atoms with Crippen LogP contribution in [0.2, 0.25) is 25.7 Å². The zero-order valence-corrected chi connectivity index (χ0v) is 38.5. The number of aromatic amines is 1. The van der Waals surface area contributed by atoms with Crippen molar-refractivity contribution in [1.82, 2.24) is 44.6 Å². The number of imidazole rings is 2. The summed E-state index contributed by atoms with van der Waals surface area (Å²) in [5.74, 6) is 1.24. The molecule has 3 aromatic heterocycles. The highest BCUT2D eigenvalue weighted by Gasteiger charge is 2.38. The third-order valence-corrected chi connectivity index (χ3v) is 13.2. The van der Waals surface area contributed by atoms with Crippen LogP contribution in [0.25, 0.3) is 44.8 Å². The number of hydrogen-bond acceptors (Lipinski definition) is 10. The molecule has 2 aromatic carbocycles. The number of likely N-dealkylation sites (tertiary alicyclic amines) is 2. The Kier molecular flexibility index (Phi) is 13.2. The minimum absolute atomic E-state index is 0.111. The molecule has 0 bridgehead atoms. The van der Waals surface area contributed by atoms with Gasteiger partial charge >= 0.3 is 12.2 Å². The molecule has 16 heteroatoms. The Morgan fingerprint density at radius 2 is 1.56 bits per heavy atom. The molecule has 0 saturated carbocycles. The predicted octanol–water partition coefficient (Wildman–Crippen LogP) is 8.98. The summed E-state index contributed by atoms with van der Waals surface area (Å²) in [4.78, 5) is 65.4. The molecular weight excluding hydrogens is 803 g/mol. The molecule has 0 aliphatic carbocycles. The molecule has 5 aromatic rings. The van der Waals surface area contributed by atoms with Gasteiger partial charge in [0, 0.05) is 38.9 Å². The number of rotatable bonds is 13. The van der Waals surface area contributed by atoms with Gasteiger partial charge in [-0.3, -0.25) is 14.7 Å². The molecule has 3 atom stereocenters. The Bertz CT molecular complexity index is 2380. The van der Waals surface area contributed by atoms with E-state index in [4.69, 9.17) is 34.1 Å². The van der Waals surface area contributed by atoms with Gasteiger partial charge in [0.25, 0.3) is 0 Å². The largest absolute Gasteiger partial charge is 0.453 e. The fourth-order valence-electron chi connectivity index (χ4n) is 8.11. The lowest BCUT2D eigenvalue weighted by Crippen LogP contribution is -2.51. The van der Waals surface area contributed by atoms with Crippen LogP contribution in [-0.4, -0.2) is 104 Å². The van der Waals surface area contributed by atoms with Crippen LogP contribution >= 0.6 is 0 Å². The second-order valence-electron chi connectivity index (χ2n) is 18.9. The van der Waals surface area contributed by atoms with Gasteiger partial charge in [0.1, 0.15) is 30.0 Å². The van der Waals surface area contributed by atoms with Crippen molar-refractivity contribution in [2.45, 2.75) is 116 Å². The number of benzene rings is 2. The average molecular weight is 864 g/mol. The van der Waals surface area contributed by atoms with Gasteiger partial charge in [-0.1, -0.05) is 63.8 Å². The summed E-state index contributed by atoms with van der Waals surface area (Å²) < 4.78 is 19.0. The van der Waals surface area contributed by atoms with Crippen molar-refractivity contribution in [1.29, 1.82) is 0 Å². The fraction of sp³-hybridized carbons (Fsp3) is 0.500. The van der Waals surface area contributed by atoms with E-state index in [0.29, 0.717) is 32.3 Å². The van der Waals surface area contributed by atoms with Crippen molar-refractivity contribution < 1.29 is 28.6 Å². The van der Waals surface area contributed by atoms with Gasteiger partial charge < -0.3 is 34.0 Å². The van der Waals surface area contributed by atoms with E-state index in [0.717, 1.165) is 82.4 Å². The van der Waals surface area contributed by atoms with Crippen LogP contribution in [0.3, 0.4) is 0 Å². The molecule has 5 heterocycles. The number of ether oxygens (including phenoxy) is 3. The van der Waals surface area contributed by atoms with E-state index in [-0.39, 0.29) is 30.0 Å². The number of H-pyrrole nitrogens is 1. The van der Waals surface area contributed by atoms with E-state index < -0.39 is 25.8 Å². The van der Waals surface area contributed by atoms with E-state index in [1.54, 1.807) is 17.3 Å². The van der Waals surface area contributed by atoms with Crippen molar-refractivity contribution in [3.8, 4) is 33.8 Å². The Labute approximate surface area is 365 Å². The van der Waals surface area contributed by atoms with Crippen LogP contribution in [0.15, 0.2) is 61.1 Å². The standard InChI is InChI=1S/C46H61N9O6Si/c1-29(2)40(52-44(57)59-6)43(56)53-20-10-12-37(53)41-48-26-36(51-41)31-16-14-30(15-17-31)35-25-47-34-24-32(18-19-33(34)50-35)39-27-49-42(55(39)28-60-22-23-62(7,8)9)38-13-11-21-54(38)45(58)61-46(3,4)5/h14-19,24-27,29,37-38,40H,10-13,20-23,28H2,1-9H3,(H,48,51)(H,52,57)/t37-,38-,40-/m0/s1. The normalized spacial score (nSPS) is 17.5. The Morgan fingerprint density at radius 1 is 0.871 bits per heavy atom. The lowest BCUT2D eigenvalue weighted by Gasteiger charge is -2.30. The van der Waals surface area contributed by atoms with Crippen LogP contribution in [-0.2, 0) is 25.7 Å². The maximum absolute atomic E-state index is 13.6. The number of methoxy groups -OCH3 is 1. The van der Waals surface area contributed by atoms with E-state index in [2.05, 4.69) is 34.5 Å². The number of carbonyl (C=O) groups excluding carboxylic acids is 3. The van der Waals surface area contributed by atoms with Crippen LogP contribution in [0.1, 0.15) is 84.0 Å². The fourth-order valence-corrected chi connectivity index (χ4v) is 8.86. The van der Waals surface area contributed by atoms with Gasteiger partial charge in [0.05, 0.1) is 65.9 Å². The summed E-state index contributed by atoms with van der Waals surface area (Å²) in [6.07, 6.45) is 7.77. The average Bonchev–Trinajstić information content (AvgIpc) is 4.06. The first-order valence-electron chi connectivity index (χ1n) is 21.7. The summed E-state index contributed by atoms with van der Waals surface area (Å²) in [7, 11) is -0.0122. The van der Waals surface area contributed by atoms with Gasteiger partial charge in [0.15, 0.2) is 0 Å². The quantitative estimate of drug-likeness (QED) is 0.0861. The summed E-state index contributed by atoms with van der Waals surface area (Å²) in [6, 6.07) is 14.0. The van der Waals surface area contributed by atoms with Gasteiger partial charge in [-0.15, -0.1) is 0 Å². The maximum atomic E-state index is 13.6. The number of aromatic nitrogens is 6. The van der Waals surface area contributed by atoms with Crippen LogP contribution in [0.5, 0.6) is 0 Å². The van der Waals surface area contributed by atoms with E-state index in [9.17, 15) is 14.4 Å². The molecule has 0 radical (unpaired) electrons. The third-order valence-electron chi connectivity index (χ3n) is 11.5. The van der Waals surface area contributed by atoms with Crippen molar-refractivity contribution in [2.24, 2.45) is 5.92 Å². The number of hydrogen-bond donors (Lipinski definition) is 2. The van der Waals surface area contributed by atoms with Crippen molar-refractivity contribution in [2.75, 3.05) is 26.8 Å². The predicted molar refractivity (Wildman–Crippen MR) is 241 cm³/mol. The number of alkyl carbamates (subject to hydrolysis) is 1. The second kappa shape index (κ2) is 18.4. The minimum Gasteiger partial charge on any atom is -0.453 e. The SMILES string of the molecule is COC(=O)N[C@H](C(=O)N1CCC[C@H]1c1ncc(-c2ccc(-c3cnc4cc(-c5cnc([C@@H]6CCCN6C(=O)OC(C)(C)C)n5COCC[Si](C)(C)C)ccc4n3)cc2)[nH]1)C(C)C. The van der Waals surface area contributed by atoms with Crippen molar-refractivity contribution in [3.63, 3.8) is 0 Å². The number of fused-ring (bicyclic) bond motifs is 1. The van der Waals surface area contributed by atoms with Crippen molar-refractivity contribution in [3.05, 3.63) is 72.7 Å². The van der Waals surface area contributed by atoms with Gasteiger partial charge in [-0.05, 0) is 76.1 Å². The van der Waals surface area contributed by atoms with Gasteiger partial charge in [-0.2, -0.15) is 0 Å². The molecule has 2 aliphatic rings. The Hall–Kier alpha value is -5.61. The number of nitrogens with zero attached hydrogens (tertiary/aromatic N) is 7. The monoisotopic (exact) mass is 863 g/mol. The molecule has 7 rings (SSSR count). The molecular formula is C46H61N9O6Si. The number of carbonyl (C=O) groups is 3. The number of amides is 3. The topological polar surface area (TPSA) is 170 Å². The smallest absolute Gasteiger partial charge is 0.410 e. The molecule has 0 spiro atoms. The van der Waals surface area contributed by atoms with Gasteiger partial charge in [-0.25, -0.2) is 24.5 Å². The second-order valence-corrected chi connectivity index (χ2v) is 24.5. The molecule has 330 valence electrons. The maximum Gasteiger partial charge on any atom is 0.410 e. The lowest BCUT2D eigenvalue weighted by atomic mass is 10.0. The van der Waals surface area contributed by atoms with E-state index in [1.807, 2.05) is 88.2 Å². The Morgan fingerprint density at radius 3 is 2.26 bits per heavy atom. The van der Waals surface area contributed by atoms with Gasteiger partial charge in [0.2, 0.25) is 5.91 Å². The molecule has 2 N–H and O–H groups in total.